The van der Waals surface area contributed by atoms with Crippen LogP contribution in [-0.2, 0) is 9.59 Å². The monoisotopic (exact) mass is 443 g/mol. The second-order valence-corrected chi connectivity index (χ2v) is 7.47. The molecule has 3 rings (SSSR count). The zero-order valence-electron chi connectivity index (χ0n) is 18.3. The van der Waals surface area contributed by atoms with E-state index in [0.717, 1.165) is 12.8 Å². The summed E-state index contributed by atoms with van der Waals surface area (Å²) in [6, 6.07) is 7.22. The Morgan fingerprint density at radius 1 is 1.16 bits per heavy atom. The van der Waals surface area contributed by atoms with Crippen LogP contribution in [0.2, 0.25) is 0 Å². The van der Waals surface area contributed by atoms with Gasteiger partial charge in [-0.1, -0.05) is 19.1 Å². The number of carbonyl (C=O) groups is 2. The Bertz CT molecular complexity index is 923. The van der Waals surface area contributed by atoms with Crippen LogP contribution in [0.3, 0.4) is 0 Å². The summed E-state index contributed by atoms with van der Waals surface area (Å²) in [7, 11) is 0. The lowest BCUT2D eigenvalue weighted by atomic mass is 10.1. The number of carboxylic acid groups (broad SMARTS) is 1. The molecule has 172 valence electrons. The molecule has 0 aliphatic heterocycles. The molecule has 1 aromatic carbocycles. The van der Waals surface area contributed by atoms with E-state index < -0.39 is 12.6 Å². The van der Waals surface area contributed by atoms with E-state index >= 15 is 0 Å². The van der Waals surface area contributed by atoms with Crippen LogP contribution in [0.15, 0.2) is 54.0 Å². The van der Waals surface area contributed by atoms with Crippen LogP contribution in [-0.4, -0.2) is 40.4 Å². The minimum Gasteiger partial charge on any atom is -0.481 e. The average molecular weight is 444 g/mol. The molecule has 1 saturated carbocycles. The second kappa shape index (κ2) is 12.5. The smallest absolute Gasteiger partial charge is 0.303 e. The Labute approximate surface area is 187 Å². The van der Waals surface area contributed by atoms with Gasteiger partial charge >= 0.3 is 5.97 Å². The highest BCUT2D eigenvalue weighted by Crippen LogP contribution is 2.40. The number of aromatic nitrogens is 2. The topological polar surface area (TPSA) is 96.5 Å². The van der Waals surface area contributed by atoms with Crippen LogP contribution >= 0.6 is 0 Å². The average Bonchev–Trinajstić information content (AvgIpc) is 3.53. The molecule has 1 aromatic heterocycles. The SMILES string of the molecule is C=C.C=C(CCF)C(=O)N(CCCCCC(=O)O)c1cccc(-c2nnc(C3CC3)o2)c1. The van der Waals surface area contributed by atoms with Crippen molar-refractivity contribution < 1.29 is 23.5 Å². The third-order valence-electron chi connectivity index (χ3n) is 4.99. The fourth-order valence-electron chi connectivity index (χ4n) is 3.14. The number of benzene rings is 1. The molecule has 0 atom stereocenters. The van der Waals surface area contributed by atoms with Gasteiger partial charge in [0, 0.05) is 42.1 Å². The molecule has 1 amide bonds. The van der Waals surface area contributed by atoms with E-state index in [2.05, 4.69) is 29.9 Å². The first-order valence-corrected chi connectivity index (χ1v) is 10.7. The highest BCUT2D eigenvalue weighted by molar-refractivity contribution is 6.05. The number of carboxylic acids is 1. The summed E-state index contributed by atoms with van der Waals surface area (Å²) in [6.45, 7) is 9.45. The van der Waals surface area contributed by atoms with Gasteiger partial charge in [-0.25, -0.2) is 0 Å². The van der Waals surface area contributed by atoms with Gasteiger partial charge in [0.2, 0.25) is 11.8 Å². The van der Waals surface area contributed by atoms with Crippen molar-refractivity contribution in [3.63, 3.8) is 0 Å². The van der Waals surface area contributed by atoms with E-state index in [1.54, 1.807) is 23.1 Å². The summed E-state index contributed by atoms with van der Waals surface area (Å²) in [5, 5.41) is 17.0. The van der Waals surface area contributed by atoms with Gasteiger partial charge < -0.3 is 14.4 Å². The van der Waals surface area contributed by atoms with Crippen molar-refractivity contribution in [3.05, 3.63) is 55.5 Å². The molecular weight excluding hydrogens is 413 g/mol. The van der Waals surface area contributed by atoms with E-state index in [1.807, 2.05) is 6.07 Å². The predicted octanol–water partition coefficient (Wildman–Crippen LogP) is 5.31. The van der Waals surface area contributed by atoms with Crippen LogP contribution in [0.1, 0.15) is 56.8 Å². The number of unbranched alkanes of at least 4 members (excludes halogenated alkanes) is 2. The van der Waals surface area contributed by atoms with Crippen molar-refractivity contribution in [2.24, 2.45) is 0 Å². The predicted molar refractivity (Wildman–Crippen MR) is 121 cm³/mol. The first kappa shape index (κ1) is 25.0. The standard InChI is InChI=1S/C22H26FN3O4.C2H4/c1-15(11-12-23)22(29)26(13-4-2-3-8-19(27)28)18-7-5-6-17(14-18)21-25-24-20(30-21)16-9-10-16;1-2/h5-7,14,16H,1-4,8-13H2,(H,27,28);1-2H2. The van der Waals surface area contributed by atoms with Gasteiger partial charge in [-0.3, -0.25) is 14.0 Å². The molecule has 0 spiro atoms. The third kappa shape index (κ3) is 7.14. The number of aliphatic carboxylic acids is 1. The molecule has 1 N–H and O–H groups in total. The normalized spacial score (nSPS) is 12.5. The van der Waals surface area contributed by atoms with Crippen molar-refractivity contribution in [3.8, 4) is 11.5 Å². The zero-order valence-corrected chi connectivity index (χ0v) is 18.3. The Kier molecular flexibility index (Phi) is 9.78. The quantitative estimate of drug-likeness (QED) is 0.271. The molecule has 1 aliphatic rings. The minimum absolute atomic E-state index is 0.0254. The van der Waals surface area contributed by atoms with Crippen LogP contribution in [0.5, 0.6) is 0 Å². The lowest BCUT2D eigenvalue weighted by molar-refractivity contribution is -0.137. The highest BCUT2D eigenvalue weighted by atomic mass is 19.1. The number of alkyl halides is 1. The summed E-state index contributed by atoms with van der Waals surface area (Å²) < 4.78 is 18.5. The minimum atomic E-state index is -0.836. The fraction of sp³-hybridized carbons (Fsp3) is 0.417. The molecule has 0 radical (unpaired) electrons. The lowest BCUT2D eigenvalue weighted by Gasteiger charge is -2.24. The molecule has 2 aromatic rings. The number of nitrogens with zero attached hydrogens (tertiary/aromatic N) is 3. The molecular formula is C24H30FN3O4. The van der Waals surface area contributed by atoms with Gasteiger partial charge in [0.15, 0.2) is 0 Å². The van der Waals surface area contributed by atoms with E-state index in [-0.39, 0.29) is 24.3 Å². The van der Waals surface area contributed by atoms with Crippen molar-refractivity contribution in [2.45, 2.75) is 50.9 Å². The van der Waals surface area contributed by atoms with Crippen molar-refractivity contribution in [1.82, 2.24) is 10.2 Å². The first-order valence-electron chi connectivity index (χ1n) is 10.7. The van der Waals surface area contributed by atoms with Crippen LogP contribution in [0.25, 0.3) is 11.5 Å². The van der Waals surface area contributed by atoms with Gasteiger partial charge in [0.05, 0.1) is 6.67 Å². The van der Waals surface area contributed by atoms with E-state index in [1.165, 1.54) is 0 Å². The number of amides is 1. The molecule has 32 heavy (non-hydrogen) atoms. The number of rotatable bonds is 12. The highest BCUT2D eigenvalue weighted by Gasteiger charge is 2.29. The fourth-order valence-corrected chi connectivity index (χ4v) is 3.14. The van der Waals surface area contributed by atoms with Gasteiger partial charge in [0.25, 0.3) is 5.91 Å². The largest absolute Gasteiger partial charge is 0.481 e. The maximum atomic E-state index is 12.9. The number of hydrogen-bond acceptors (Lipinski definition) is 5. The summed E-state index contributed by atoms with van der Waals surface area (Å²) in [6.07, 6.45) is 4.01. The Morgan fingerprint density at radius 2 is 1.91 bits per heavy atom. The third-order valence-corrected chi connectivity index (χ3v) is 4.99. The molecule has 0 saturated heterocycles. The summed E-state index contributed by atoms with van der Waals surface area (Å²) in [4.78, 5) is 25.1. The zero-order chi connectivity index (χ0) is 23.5. The van der Waals surface area contributed by atoms with Gasteiger partial charge in [-0.2, -0.15) is 0 Å². The van der Waals surface area contributed by atoms with Crippen molar-refractivity contribution >= 4 is 17.6 Å². The van der Waals surface area contributed by atoms with Crippen LogP contribution < -0.4 is 4.90 Å². The maximum absolute atomic E-state index is 12.9. The summed E-state index contributed by atoms with van der Waals surface area (Å²) >= 11 is 0. The van der Waals surface area contributed by atoms with E-state index in [0.29, 0.717) is 54.8 Å². The number of anilines is 1. The summed E-state index contributed by atoms with van der Waals surface area (Å²) in [5.41, 5.74) is 1.52. The molecule has 1 aliphatic carbocycles. The maximum Gasteiger partial charge on any atom is 0.303 e. The number of hydrogen-bond donors (Lipinski definition) is 1. The molecule has 0 bridgehead atoms. The van der Waals surface area contributed by atoms with Crippen molar-refractivity contribution in [2.75, 3.05) is 18.1 Å². The molecule has 8 heteroatoms. The van der Waals surface area contributed by atoms with Crippen LogP contribution in [0.4, 0.5) is 10.1 Å². The Hall–Kier alpha value is -3.29. The van der Waals surface area contributed by atoms with E-state index in [9.17, 15) is 14.0 Å². The van der Waals surface area contributed by atoms with E-state index in [4.69, 9.17) is 9.52 Å². The van der Waals surface area contributed by atoms with Gasteiger partial charge in [-0.05, 0) is 43.9 Å². The van der Waals surface area contributed by atoms with Gasteiger partial charge in [0.1, 0.15) is 0 Å². The lowest BCUT2D eigenvalue weighted by Crippen LogP contribution is -2.33. The molecule has 1 heterocycles. The molecule has 0 unspecified atom stereocenters. The van der Waals surface area contributed by atoms with Crippen LogP contribution in [0, 0.1) is 0 Å². The van der Waals surface area contributed by atoms with Crippen molar-refractivity contribution in [1.29, 1.82) is 0 Å². The van der Waals surface area contributed by atoms with Gasteiger partial charge in [-0.15, -0.1) is 23.4 Å². The summed E-state index contributed by atoms with van der Waals surface area (Å²) in [5.74, 6) is 0.208. The first-order chi connectivity index (χ1) is 15.5. The molecule has 7 nitrogen and oxygen atoms in total. The second-order valence-electron chi connectivity index (χ2n) is 7.47. The Balaban J connectivity index is 0.00000176. The molecule has 1 fully saturated rings. The number of carbonyl (C=O) groups excluding carboxylic acids is 1. The Morgan fingerprint density at radius 3 is 2.56 bits per heavy atom. The number of halogens is 1.